The van der Waals surface area contributed by atoms with Gasteiger partial charge in [0.15, 0.2) is 0 Å². The predicted molar refractivity (Wildman–Crippen MR) is 96.8 cm³/mol. The number of halogens is 1. The van der Waals surface area contributed by atoms with Gasteiger partial charge in [-0.15, -0.1) is 0 Å². The van der Waals surface area contributed by atoms with Gasteiger partial charge in [0.25, 0.3) is 0 Å². The molecule has 2 atom stereocenters. The fourth-order valence-electron chi connectivity index (χ4n) is 3.75. The average Bonchev–Trinajstić information content (AvgIpc) is 3.13. The first-order chi connectivity index (χ1) is 12.4. The Hall–Kier alpha value is -2.08. The molecule has 1 saturated carbocycles. The van der Waals surface area contributed by atoms with Gasteiger partial charge in [-0.3, -0.25) is 14.4 Å². The molecular weight excluding hydrogens is 356 g/mol. The van der Waals surface area contributed by atoms with Gasteiger partial charge in [0, 0.05) is 37.1 Å². The topological polar surface area (TPSA) is 77.9 Å². The minimum absolute atomic E-state index is 0.0403. The molecule has 1 aromatic carbocycles. The summed E-state index contributed by atoms with van der Waals surface area (Å²) in [5, 5.41) is 9.72. The highest BCUT2D eigenvalue weighted by atomic mass is 35.5. The maximum atomic E-state index is 12.6. The van der Waals surface area contributed by atoms with Gasteiger partial charge < -0.3 is 14.9 Å². The third-order valence-corrected chi connectivity index (χ3v) is 5.60. The van der Waals surface area contributed by atoms with E-state index < -0.39 is 11.9 Å². The van der Waals surface area contributed by atoms with Crippen LogP contribution in [0.1, 0.15) is 24.8 Å². The molecule has 7 heteroatoms. The largest absolute Gasteiger partial charge is 0.481 e. The molecule has 1 saturated heterocycles. The van der Waals surface area contributed by atoms with E-state index in [1.807, 2.05) is 12.1 Å². The summed E-state index contributed by atoms with van der Waals surface area (Å²) in [5.41, 5.74) is 0.920. The second kappa shape index (κ2) is 8.08. The zero-order valence-electron chi connectivity index (χ0n) is 14.6. The van der Waals surface area contributed by atoms with Crippen LogP contribution in [0.2, 0.25) is 5.02 Å². The van der Waals surface area contributed by atoms with E-state index in [0.29, 0.717) is 56.9 Å². The molecule has 0 radical (unpaired) electrons. The summed E-state index contributed by atoms with van der Waals surface area (Å²) >= 11 is 5.86. The summed E-state index contributed by atoms with van der Waals surface area (Å²) in [6.45, 7) is 2.07. The molecule has 0 aromatic heterocycles. The molecule has 1 aliphatic heterocycles. The second-order valence-electron chi connectivity index (χ2n) is 7.05. The standard InChI is InChI=1S/C19H23ClN2O4/c20-16-5-1-13(2-6-16)11-17(23)21-7-9-22(10-8-21)18(24)14-3-4-15(12-14)19(25)26/h1-2,5-6,14-15H,3-4,7-12H2,(H,25,26)/t14-,15+/m0/s1. The molecule has 2 amide bonds. The van der Waals surface area contributed by atoms with Crippen molar-refractivity contribution < 1.29 is 19.5 Å². The van der Waals surface area contributed by atoms with Gasteiger partial charge in [-0.25, -0.2) is 0 Å². The van der Waals surface area contributed by atoms with Crippen LogP contribution in [-0.2, 0) is 20.8 Å². The monoisotopic (exact) mass is 378 g/mol. The Morgan fingerprint density at radius 3 is 2.12 bits per heavy atom. The van der Waals surface area contributed by atoms with Gasteiger partial charge in [0.1, 0.15) is 0 Å². The van der Waals surface area contributed by atoms with Crippen molar-refractivity contribution in [2.45, 2.75) is 25.7 Å². The van der Waals surface area contributed by atoms with Crippen molar-refractivity contribution in [3.8, 4) is 0 Å². The van der Waals surface area contributed by atoms with Crippen LogP contribution < -0.4 is 0 Å². The molecule has 1 N–H and O–H groups in total. The van der Waals surface area contributed by atoms with Crippen LogP contribution in [0.15, 0.2) is 24.3 Å². The number of carbonyl (C=O) groups is 3. The molecule has 140 valence electrons. The van der Waals surface area contributed by atoms with E-state index in [0.717, 1.165) is 5.56 Å². The number of benzene rings is 1. The van der Waals surface area contributed by atoms with E-state index >= 15 is 0 Å². The SMILES string of the molecule is O=C(O)[C@@H]1CC[C@H](C(=O)N2CCN(C(=O)Cc3ccc(Cl)cc3)CC2)C1. The lowest BCUT2D eigenvalue weighted by Gasteiger charge is -2.36. The Bertz CT molecular complexity index is 683. The minimum Gasteiger partial charge on any atom is -0.481 e. The Labute approximate surface area is 157 Å². The van der Waals surface area contributed by atoms with Crippen LogP contribution in [0.25, 0.3) is 0 Å². The second-order valence-corrected chi connectivity index (χ2v) is 7.49. The first-order valence-corrected chi connectivity index (χ1v) is 9.35. The molecule has 0 spiro atoms. The Kier molecular flexibility index (Phi) is 5.81. The third-order valence-electron chi connectivity index (χ3n) is 5.34. The van der Waals surface area contributed by atoms with Gasteiger partial charge in [-0.05, 0) is 37.0 Å². The van der Waals surface area contributed by atoms with E-state index in [-0.39, 0.29) is 17.7 Å². The van der Waals surface area contributed by atoms with E-state index in [1.54, 1.807) is 21.9 Å². The number of piperazine rings is 1. The summed E-state index contributed by atoms with van der Waals surface area (Å²) in [4.78, 5) is 39.6. The van der Waals surface area contributed by atoms with E-state index in [2.05, 4.69) is 0 Å². The van der Waals surface area contributed by atoms with Crippen molar-refractivity contribution in [3.63, 3.8) is 0 Å². The van der Waals surface area contributed by atoms with Crippen LogP contribution in [0.3, 0.4) is 0 Å². The van der Waals surface area contributed by atoms with E-state index in [4.69, 9.17) is 16.7 Å². The highest BCUT2D eigenvalue weighted by molar-refractivity contribution is 6.30. The van der Waals surface area contributed by atoms with Crippen molar-refractivity contribution in [1.82, 2.24) is 9.80 Å². The van der Waals surface area contributed by atoms with Crippen molar-refractivity contribution >= 4 is 29.4 Å². The zero-order valence-corrected chi connectivity index (χ0v) is 15.3. The molecule has 6 nitrogen and oxygen atoms in total. The molecule has 1 aromatic rings. The Morgan fingerprint density at radius 1 is 0.962 bits per heavy atom. The van der Waals surface area contributed by atoms with Gasteiger partial charge in [0.05, 0.1) is 12.3 Å². The lowest BCUT2D eigenvalue weighted by molar-refractivity contribution is -0.143. The van der Waals surface area contributed by atoms with Crippen LogP contribution in [0.4, 0.5) is 0 Å². The third kappa shape index (κ3) is 4.36. The van der Waals surface area contributed by atoms with E-state index in [1.165, 1.54) is 0 Å². The average molecular weight is 379 g/mol. The number of amides is 2. The predicted octanol–water partition coefficient (Wildman–Crippen LogP) is 2.05. The zero-order chi connectivity index (χ0) is 18.7. The van der Waals surface area contributed by atoms with E-state index in [9.17, 15) is 14.4 Å². The van der Waals surface area contributed by atoms with Gasteiger partial charge >= 0.3 is 5.97 Å². The lowest BCUT2D eigenvalue weighted by Crippen LogP contribution is -2.52. The van der Waals surface area contributed by atoms with Crippen molar-refractivity contribution in [2.75, 3.05) is 26.2 Å². The van der Waals surface area contributed by atoms with Gasteiger partial charge in [0.2, 0.25) is 11.8 Å². The number of aliphatic carboxylic acids is 1. The number of hydrogen-bond acceptors (Lipinski definition) is 3. The van der Waals surface area contributed by atoms with Crippen molar-refractivity contribution in [2.24, 2.45) is 11.8 Å². The minimum atomic E-state index is -0.807. The van der Waals surface area contributed by atoms with Gasteiger partial charge in [-0.2, -0.15) is 0 Å². The molecule has 1 heterocycles. The fourth-order valence-corrected chi connectivity index (χ4v) is 3.88. The number of hydrogen-bond donors (Lipinski definition) is 1. The quantitative estimate of drug-likeness (QED) is 0.869. The smallest absolute Gasteiger partial charge is 0.306 e. The fraction of sp³-hybridized carbons (Fsp3) is 0.526. The summed E-state index contributed by atoms with van der Waals surface area (Å²) in [6.07, 6.45) is 1.98. The first kappa shape index (κ1) is 18.7. The van der Waals surface area contributed by atoms with Crippen molar-refractivity contribution in [3.05, 3.63) is 34.9 Å². The summed E-state index contributed by atoms with van der Waals surface area (Å²) in [6, 6.07) is 7.23. The van der Waals surface area contributed by atoms with Crippen LogP contribution in [0, 0.1) is 11.8 Å². The van der Waals surface area contributed by atoms with Gasteiger partial charge in [-0.1, -0.05) is 23.7 Å². The summed E-state index contributed by atoms with van der Waals surface area (Å²) in [5.74, 6) is -1.30. The van der Waals surface area contributed by atoms with Crippen molar-refractivity contribution in [1.29, 1.82) is 0 Å². The molecule has 1 aliphatic carbocycles. The first-order valence-electron chi connectivity index (χ1n) is 8.98. The molecule has 0 bridgehead atoms. The van der Waals surface area contributed by atoms with Crippen LogP contribution in [-0.4, -0.2) is 58.9 Å². The number of nitrogens with zero attached hydrogens (tertiary/aromatic N) is 2. The summed E-state index contributed by atoms with van der Waals surface area (Å²) < 4.78 is 0. The summed E-state index contributed by atoms with van der Waals surface area (Å²) in [7, 11) is 0. The molecule has 0 unspecified atom stereocenters. The molecule has 26 heavy (non-hydrogen) atoms. The Morgan fingerprint density at radius 2 is 1.54 bits per heavy atom. The van der Waals surface area contributed by atoms with Crippen LogP contribution in [0.5, 0.6) is 0 Å². The maximum Gasteiger partial charge on any atom is 0.306 e. The molecule has 3 rings (SSSR count). The molecule has 2 aliphatic rings. The van der Waals surface area contributed by atoms with Crippen LogP contribution >= 0.6 is 11.6 Å². The number of carbonyl (C=O) groups excluding carboxylic acids is 2. The highest BCUT2D eigenvalue weighted by Gasteiger charge is 2.36. The Balaban J connectivity index is 1.48. The maximum absolute atomic E-state index is 12.6. The molecule has 2 fully saturated rings. The lowest BCUT2D eigenvalue weighted by atomic mass is 10.0. The highest BCUT2D eigenvalue weighted by Crippen LogP contribution is 2.32. The number of rotatable bonds is 4. The normalized spacial score (nSPS) is 23.1. The number of carboxylic acid groups (broad SMARTS) is 1. The number of carboxylic acids is 1. The molecular formula is C19H23ClN2O4.